The third kappa shape index (κ3) is 7.67. The molecule has 170 valence electrons. The number of sulfonamides is 1. The Balaban J connectivity index is 1.88. The predicted molar refractivity (Wildman–Crippen MR) is 122 cm³/mol. The fourth-order valence-electron chi connectivity index (χ4n) is 4.21. The van der Waals surface area contributed by atoms with Crippen LogP contribution >= 0.6 is 0 Å². The number of carbonyl (C=O) groups is 1. The highest BCUT2D eigenvalue weighted by molar-refractivity contribution is 7.89. The first-order valence-electron chi connectivity index (χ1n) is 11.0. The van der Waals surface area contributed by atoms with Crippen molar-refractivity contribution < 1.29 is 13.2 Å². The van der Waals surface area contributed by atoms with Crippen molar-refractivity contribution in [1.82, 2.24) is 14.9 Å². The Bertz CT molecular complexity index is 821. The summed E-state index contributed by atoms with van der Waals surface area (Å²) < 4.78 is 27.8. The average Bonchev–Trinajstić information content (AvgIpc) is 2.58. The van der Waals surface area contributed by atoms with Crippen LogP contribution in [0, 0.1) is 18.8 Å². The molecule has 1 amide bonds. The molecular formula is C23H39N3O3S. The Morgan fingerprint density at radius 2 is 1.77 bits per heavy atom. The standard InChI is InChI=1S/C23H39N3O3S/c1-17-13-18(2)16-26(15-17)12-8-7-11-24-22(27)21-14-20(10-9-19(21)3)30(28,29)25-23(4,5)6/h9-10,14,17-18,25H,7-8,11-13,15-16H2,1-6H3,(H,24,27). The van der Waals surface area contributed by atoms with Crippen molar-refractivity contribution in [2.75, 3.05) is 26.2 Å². The van der Waals surface area contributed by atoms with Crippen LogP contribution in [0.25, 0.3) is 0 Å². The summed E-state index contributed by atoms with van der Waals surface area (Å²) in [6.07, 6.45) is 3.27. The van der Waals surface area contributed by atoms with Crippen molar-refractivity contribution in [3.05, 3.63) is 29.3 Å². The number of amides is 1. The highest BCUT2D eigenvalue weighted by Crippen LogP contribution is 2.21. The number of aryl methyl sites for hydroxylation is 1. The lowest BCUT2D eigenvalue weighted by Crippen LogP contribution is -2.40. The first-order valence-corrected chi connectivity index (χ1v) is 12.5. The lowest BCUT2D eigenvalue weighted by Gasteiger charge is -2.34. The Morgan fingerprint density at radius 3 is 2.37 bits per heavy atom. The Morgan fingerprint density at radius 1 is 1.13 bits per heavy atom. The van der Waals surface area contributed by atoms with E-state index in [0.717, 1.165) is 36.8 Å². The van der Waals surface area contributed by atoms with Crippen LogP contribution in [-0.4, -0.2) is 50.9 Å². The minimum absolute atomic E-state index is 0.113. The number of unbranched alkanes of at least 4 members (excludes halogenated alkanes) is 1. The second-order valence-electron chi connectivity index (χ2n) is 10.0. The third-order valence-corrected chi connectivity index (χ3v) is 7.09. The highest BCUT2D eigenvalue weighted by Gasteiger charge is 2.24. The second kappa shape index (κ2) is 10.2. The quantitative estimate of drug-likeness (QED) is 0.610. The van der Waals surface area contributed by atoms with Gasteiger partial charge in [0, 0.05) is 30.7 Å². The summed E-state index contributed by atoms with van der Waals surface area (Å²) in [4.78, 5) is 15.3. The average molecular weight is 438 g/mol. The molecule has 0 aliphatic carbocycles. The van der Waals surface area contributed by atoms with E-state index >= 15 is 0 Å². The van der Waals surface area contributed by atoms with Gasteiger partial charge in [-0.15, -0.1) is 0 Å². The molecule has 2 unspecified atom stereocenters. The zero-order chi connectivity index (χ0) is 22.5. The molecule has 2 rings (SSSR count). The van der Waals surface area contributed by atoms with Gasteiger partial charge in [0.05, 0.1) is 4.90 Å². The van der Waals surface area contributed by atoms with Crippen LogP contribution in [0.4, 0.5) is 0 Å². The summed E-state index contributed by atoms with van der Waals surface area (Å²) in [5, 5.41) is 2.95. The number of hydrogen-bond donors (Lipinski definition) is 2. The number of hydrogen-bond acceptors (Lipinski definition) is 4. The van der Waals surface area contributed by atoms with Crippen LogP contribution in [0.2, 0.25) is 0 Å². The largest absolute Gasteiger partial charge is 0.352 e. The number of nitrogens with zero attached hydrogens (tertiary/aromatic N) is 1. The number of rotatable bonds is 8. The van der Waals surface area contributed by atoms with Gasteiger partial charge in [0.1, 0.15) is 0 Å². The van der Waals surface area contributed by atoms with Crippen molar-refractivity contribution in [2.45, 2.75) is 71.2 Å². The van der Waals surface area contributed by atoms with Gasteiger partial charge in [-0.25, -0.2) is 13.1 Å². The Labute approximate surface area is 182 Å². The zero-order valence-electron chi connectivity index (χ0n) is 19.4. The lowest BCUT2D eigenvalue weighted by atomic mass is 9.92. The van der Waals surface area contributed by atoms with Crippen LogP contribution in [-0.2, 0) is 10.0 Å². The van der Waals surface area contributed by atoms with E-state index < -0.39 is 15.6 Å². The van der Waals surface area contributed by atoms with E-state index in [9.17, 15) is 13.2 Å². The monoisotopic (exact) mass is 437 g/mol. The van der Waals surface area contributed by atoms with Crippen LogP contribution in [0.1, 0.15) is 69.8 Å². The molecule has 1 heterocycles. The SMILES string of the molecule is Cc1ccc(S(=O)(=O)NC(C)(C)C)cc1C(=O)NCCCCN1CC(C)CC(C)C1. The lowest BCUT2D eigenvalue weighted by molar-refractivity contribution is 0.0950. The number of nitrogens with one attached hydrogen (secondary N) is 2. The maximum absolute atomic E-state index is 12.6. The number of likely N-dealkylation sites (tertiary alicyclic amines) is 1. The van der Waals surface area contributed by atoms with Gasteiger partial charge >= 0.3 is 0 Å². The fraction of sp³-hybridized carbons (Fsp3) is 0.696. The molecule has 0 bridgehead atoms. The van der Waals surface area contributed by atoms with Crippen molar-refractivity contribution in [3.63, 3.8) is 0 Å². The minimum Gasteiger partial charge on any atom is -0.352 e. The molecule has 2 atom stereocenters. The predicted octanol–water partition coefficient (Wildman–Crippen LogP) is 3.56. The van der Waals surface area contributed by atoms with Gasteiger partial charge in [0.15, 0.2) is 0 Å². The van der Waals surface area contributed by atoms with E-state index in [2.05, 4.69) is 28.8 Å². The van der Waals surface area contributed by atoms with Crippen molar-refractivity contribution in [1.29, 1.82) is 0 Å². The van der Waals surface area contributed by atoms with Gasteiger partial charge < -0.3 is 10.2 Å². The molecule has 7 heteroatoms. The van der Waals surface area contributed by atoms with Crippen LogP contribution in [0.5, 0.6) is 0 Å². The van der Waals surface area contributed by atoms with E-state index in [1.807, 2.05) is 6.92 Å². The molecule has 1 aliphatic heterocycles. The first-order chi connectivity index (χ1) is 13.9. The van der Waals surface area contributed by atoms with E-state index in [1.54, 1.807) is 32.9 Å². The minimum atomic E-state index is -3.68. The second-order valence-corrected chi connectivity index (χ2v) is 11.7. The molecule has 0 saturated carbocycles. The molecule has 0 aromatic heterocycles. The van der Waals surface area contributed by atoms with Crippen LogP contribution in [0.3, 0.4) is 0 Å². The molecule has 1 aliphatic rings. The van der Waals surface area contributed by atoms with Crippen molar-refractivity contribution in [2.24, 2.45) is 11.8 Å². The molecule has 1 aromatic carbocycles. The number of benzene rings is 1. The van der Waals surface area contributed by atoms with Crippen molar-refractivity contribution in [3.8, 4) is 0 Å². The maximum atomic E-state index is 12.6. The number of carbonyl (C=O) groups excluding carboxylic acids is 1. The summed E-state index contributed by atoms with van der Waals surface area (Å²) in [5.74, 6) is 1.29. The summed E-state index contributed by atoms with van der Waals surface area (Å²) in [5.41, 5.74) is 0.583. The normalized spacial score (nSPS) is 20.9. The molecule has 1 fully saturated rings. The Hall–Kier alpha value is -1.44. The van der Waals surface area contributed by atoms with Gasteiger partial charge in [-0.3, -0.25) is 4.79 Å². The van der Waals surface area contributed by atoms with Gasteiger partial charge in [-0.05, 0) is 83.0 Å². The number of piperidine rings is 1. The molecular weight excluding hydrogens is 398 g/mol. The van der Waals surface area contributed by atoms with Crippen LogP contribution in [0.15, 0.2) is 23.1 Å². The van der Waals surface area contributed by atoms with E-state index in [1.165, 1.54) is 25.6 Å². The first kappa shape index (κ1) is 24.8. The molecule has 2 N–H and O–H groups in total. The molecule has 0 radical (unpaired) electrons. The van der Waals surface area contributed by atoms with Gasteiger partial charge in [0.25, 0.3) is 5.91 Å². The topological polar surface area (TPSA) is 78.5 Å². The summed E-state index contributed by atoms with van der Waals surface area (Å²) in [7, 11) is -3.68. The highest BCUT2D eigenvalue weighted by atomic mass is 32.2. The van der Waals surface area contributed by atoms with E-state index in [4.69, 9.17) is 0 Å². The molecule has 1 aromatic rings. The smallest absolute Gasteiger partial charge is 0.251 e. The zero-order valence-corrected chi connectivity index (χ0v) is 20.2. The van der Waals surface area contributed by atoms with E-state index in [0.29, 0.717) is 12.1 Å². The van der Waals surface area contributed by atoms with Crippen LogP contribution < -0.4 is 10.0 Å². The molecule has 30 heavy (non-hydrogen) atoms. The molecule has 6 nitrogen and oxygen atoms in total. The van der Waals surface area contributed by atoms with E-state index in [-0.39, 0.29) is 10.8 Å². The summed E-state index contributed by atoms with van der Waals surface area (Å²) in [6, 6.07) is 4.70. The fourth-order valence-corrected chi connectivity index (χ4v) is 5.65. The third-order valence-electron chi connectivity index (χ3n) is 5.34. The van der Waals surface area contributed by atoms with Gasteiger partial charge in [-0.1, -0.05) is 19.9 Å². The molecule has 1 saturated heterocycles. The Kier molecular flexibility index (Phi) is 8.48. The molecule has 0 spiro atoms. The summed E-state index contributed by atoms with van der Waals surface area (Å²) >= 11 is 0. The maximum Gasteiger partial charge on any atom is 0.251 e. The van der Waals surface area contributed by atoms with Gasteiger partial charge in [-0.2, -0.15) is 0 Å². The van der Waals surface area contributed by atoms with Crippen molar-refractivity contribution >= 4 is 15.9 Å². The van der Waals surface area contributed by atoms with Gasteiger partial charge in [0.2, 0.25) is 10.0 Å². The summed E-state index contributed by atoms with van der Waals surface area (Å²) in [6.45, 7) is 15.8.